The average Bonchev–Trinajstić information content (AvgIpc) is 3.18. The van der Waals surface area contributed by atoms with E-state index in [2.05, 4.69) is 4.98 Å². The second-order valence-corrected chi connectivity index (χ2v) is 8.72. The summed E-state index contributed by atoms with van der Waals surface area (Å²) in [6.45, 7) is 2.72. The molecule has 188 valence electrons. The summed E-state index contributed by atoms with van der Waals surface area (Å²) in [5, 5.41) is 11.5. The molecule has 10 nitrogen and oxygen atoms in total. The van der Waals surface area contributed by atoms with Gasteiger partial charge < -0.3 is 4.74 Å². The number of ketones is 1. The van der Waals surface area contributed by atoms with Gasteiger partial charge in [-0.2, -0.15) is 0 Å². The number of anilines is 1. The molecule has 0 unspecified atom stereocenters. The Morgan fingerprint density at radius 3 is 2.42 bits per heavy atom. The topological polar surface area (TPSA) is 137 Å². The Hall–Kier alpha value is -5.25. The molecule has 0 bridgehead atoms. The van der Waals surface area contributed by atoms with Crippen LogP contribution >= 0.6 is 0 Å². The lowest BCUT2D eigenvalue weighted by Gasteiger charge is -2.17. The van der Waals surface area contributed by atoms with Gasteiger partial charge in [0.15, 0.2) is 6.61 Å². The Bertz CT molecular complexity index is 1710. The van der Waals surface area contributed by atoms with Crippen molar-refractivity contribution < 1.29 is 28.8 Å². The number of aromatic nitrogens is 1. The third-order valence-electron chi connectivity index (χ3n) is 6.31. The van der Waals surface area contributed by atoms with Crippen LogP contribution in [0.5, 0.6) is 0 Å². The number of para-hydroxylation sites is 1. The molecule has 0 saturated carbocycles. The third-order valence-corrected chi connectivity index (χ3v) is 6.31. The van der Waals surface area contributed by atoms with Crippen molar-refractivity contribution in [3.63, 3.8) is 0 Å². The number of hydrogen-bond acceptors (Lipinski definition) is 8. The molecule has 0 saturated heterocycles. The minimum atomic E-state index is -0.857. The molecular formula is C28H19N3O7. The summed E-state index contributed by atoms with van der Waals surface area (Å²) in [5.41, 5.74) is 2.05. The van der Waals surface area contributed by atoms with Gasteiger partial charge in [0.25, 0.3) is 17.5 Å². The second-order valence-electron chi connectivity index (χ2n) is 8.72. The van der Waals surface area contributed by atoms with Crippen LogP contribution in [0.2, 0.25) is 0 Å². The van der Waals surface area contributed by atoms with E-state index in [1.54, 1.807) is 44.2 Å². The Balaban J connectivity index is 1.41. The van der Waals surface area contributed by atoms with E-state index < -0.39 is 35.1 Å². The van der Waals surface area contributed by atoms with Gasteiger partial charge in [-0.15, -0.1) is 0 Å². The Morgan fingerprint density at radius 2 is 1.66 bits per heavy atom. The monoisotopic (exact) mass is 509 g/mol. The predicted octanol–water partition coefficient (Wildman–Crippen LogP) is 4.60. The number of amides is 2. The van der Waals surface area contributed by atoms with Gasteiger partial charge >= 0.3 is 5.97 Å². The molecule has 1 aliphatic heterocycles. The molecule has 10 heteroatoms. The van der Waals surface area contributed by atoms with Gasteiger partial charge in [-0.1, -0.05) is 36.4 Å². The maximum absolute atomic E-state index is 13.5. The molecule has 4 aromatic rings. The fraction of sp³-hybridized carbons (Fsp3) is 0.107. The lowest BCUT2D eigenvalue weighted by Crippen LogP contribution is -2.30. The Kier molecular flexibility index (Phi) is 6.00. The van der Waals surface area contributed by atoms with E-state index in [1.807, 2.05) is 0 Å². The number of nitrogens with zero attached hydrogens (tertiary/aromatic N) is 3. The van der Waals surface area contributed by atoms with E-state index in [9.17, 15) is 29.3 Å². The number of nitro benzene ring substituents is 1. The number of esters is 1. The summed E-state index contributed by atoms with van der Waals surface area (Å²) in [5.74, 6) is -2.55. The summed E-state index contributed by atoms with van der Waals surface area (Å²) < 4.78 is 5.14. The van der Waals surface area contributed by atoms with Crippen molar-refractivity contribution in [2.75, 3.05) is 11.5 Å². The number of imide groups is 1. The van der Waals surface area contributed by atoms with Gasteiger partial charge in [0, 0.05) is 23.1 Å². The summed E-state index contributed by atoms with van der Waals surface area (Å²) in [6.07, 6.45) is 0. The minimum Gasteiger partial charge on any atom is -0.454 e. The Labute approximate surface area is 215 Å². The van der Waals surface area contributed by atoms with E-state index in [-0.39, 0.29) is 33.6 Å². The first-order valence-corrected chi connectivity index (χ1v) is 11.5. The normalized spacial score (nSPS) is 12.5. The van der Waals surface area contributed by atoms with Crippen LogP contribution in [0.3, 0.4) is 0 Å². The molecule has 1 aliphatic rings. The number of pyridine rings is 1. The summed E-state index contributed by atoms with van der Waals surface area (Å²) in [6, 6.07) is 16.5. The SMILES string of the molecule is Cc1ccc(C(=O)OCC(=O)c2cccc([N+](=O)[O-])c2)cc1N1C(=O)c2c(C)nc3ccccc3c2C1=O. The number of ether oxygens (including phenoxy) is 1. The van der Waals surface area contributed by atoms with Crippen LogP contribution in [0, 0.1) is 24.0 Å². The van der Waals surface area contributed by atoms with Crippen LogP contribution < -0.4 is 4.90 Å². The molecule has 38 heavy (non-hydrogen) atoms. The zero-order chi connectivity index (χ0) is 27.1. The summed E-state index contributed by atoms with van der Waals surface area (Å²) in [7, 11) is 0. The zero-order valence-electron chi connectivity index (χ0n) is 20.3. The van der Waals surface area contributed by atoms with Crippen molar-refractivity contribution >= 4 is 45.8 Å². The predicted molar refractivity (Wildman–Crippen MR) is 137 cm³/mol. The minimum absolute atomic E-state index is 0.0219. The maximum atomic E-state index is 13.5. The second kappa shape index (κ2) is 9.32. The third kappa shape index (κ3) is 4.07. The fourth-order valence-corrected chi connectivity index (χ4v) is 4.42. The number of hydrogen-bond donors (Lipinski definition) is 0. The standard InChI is InChI=1S/C28H19N3O7/c1-15-10-11-18(28(35)38-14-23(32)17-6-5-7-19(12-17)31(36)37)13-22(15)30-26(33)24-16(2)29-21-9-4-3-8-20(21)25(24)27(30)34/h3-13H,14H2,1-2H3. The van der Waals surface area contributed by atoms with Crippen LogP contribution in [0.15, 0.2) is 66.7 Å². The first kappa shape index (κ1) is 24.4. The lowest BCUT2D eigenvalue weighted by atomic mass is 10.0. The highest BCUT2D eigenvalue weighted by molar-refractivity contribution is 6.38. The van der Waals surface area contributed by atoms with Crippen LogP contribution in [0.4, 0.5) is 11.4 Å². The zero-order valence-corrected chi connectivity index (χ0v) is 20.3. The molecule has 0 N–H and O–H groups in total. The van der Waals surface area contributed by atoms with E-state index in [1.165, 1.54) is 30.3 Å². The molecule has 0 aliphatic carbocycles. The highest BCUT2D eigenvalue weighted by Gasteiger charge is 2.40. The summed E-state index contributed by atoms with van der Waals surface area (Å²) in [4.78, 5) is 67.9. The van der Waals surface area contributed by atoms with Crippen LogP contribution in [0.25, 0.3) is 10.9 Å². The van der Waals surface area contributed by atoms with Crippen molar-refractivity contribution in [1.29, 1.82) is 0 Å². The maximum Gasteiger partial charge on any atom is 0.338 e. The van der Waals surface area contributed by atoms with Crippen molar-refractivity contribution in [3.05, 3.63) is 110 Å². The molecule has 0 atom stereocenters. The van der Waals surface area contributed by atoms with Crippen LogP contribution in [-0.2, 0) is 4.74 Å². The van der Waals surface area contributed by atoms with Crippen molar-refractivity contribution in [2.45, 2.75) is 13.8 Å². The Morgan fingerprint density at radius 1 is 0.921 bits per heavy atom. The number of rotatable bonds is 6. The van der Waals surface area contributed by atoms with Crippen molar-refractivity contribution in [2.24, 2.45) is 0 Å². The fourth-order valence-electron chi connectivity index (χ4n) is 4.42. The van der Waals surface area contributed by atoms with Gasteiger partial charge in [0.05, 0.1) is 38.5 Å². The van der Waals surface area contributed by atoms with E-state index in [4.69, 9.17) is 4.74 Å². The van der Waals surface area contributed by atoms with Crippen LogP contribution in [-0.4, -0.2) is 40.1 Å². The first-order valence-electron chi connectivity index (χ1n) is 11.5. The largest absolute Gasteiger partial charge is 0.454 e. The van der Waals surface area contributed by atoms with Gasteiger partial charge in [0.1, 0.15) is 0 Å². The van der Waals surface area contributed by atoms with Gasteiger partial charge in [-0.3, -0.25) is 29.5 Å². The van der Waals surface area contributed by atoms with Gasteiger partial charge in [-0.05, 0) is 37.6 Å². The number of fused-ring (bicyclic) bond motifs is 3. The van der Waals surface area contributed by atoms with E-state index in [0.717, 1.165) is 11.0 Å². The highest BCUT2D eigenvalue weighted by atomic mass is 16.6. The van der Waals surface area contributed by atoms with E-state index >= 15 is 0 Å². The quantitative estimate of drug-likeness (QED) is 0.121. The van der Waals surface area contributed by atoms with Gasteiger partial charge in [0.2, 0.25) is 5.78 Å². The lowest BCUT2D eigenvalue weighted by molar-refractivity contribution is -0.384. The molecule has 5 rings (SSSR count). The molecule has 0 spiro atoms. The highest BCUT2D eigenvalue weighted by Crippen LogP contribution is 2.36. The number of aryl methyl sites for hydroxylation is 2. The number of carbonyl (C=O) groups is 4. The number of benzene rings is 3. The van der Waals surface area contributed by atoms with Crippen molar-refractivity contribution in [1.82, 2.24) is 4.98 Å². The molecule has 3 aromatic carbocycles. The molecule has 1 aromatic heterocycles. The summed E-state index contributed by atoms with van der Waals surface area (Å²) >= 11 is 0. The number of Topliss-reactive ketones (excluding diaryl/α,β-unsaturated/α-hetero) is 1. The molecule has 2 heterocycles. The smallest absolute Gasteiger partial charge is 0.338 e. The molecule has 2 amide bonds. The number of carbonyl (C=O) groups excluding carboxylic acids is 4. The molecule has 0 fully saturated rings. The van der Waals surface area contributed by atoms with E-state index in [0.29, 0.717) is 22.2 Å². The molecule has 0 radical (unpaired) electrons. The van der Waals surface area contributed by atoms with Crippen molar-refractivity contribution in [3.8, 4) is 0 Å². The number of non-ortho nitro benzene ring substituents is 1. The van der Waals surface area contributed by atoms with Gasteiger partial charge in [-0.25, -0.2) is 9.69 Å². The number of nitro groups is 1. The van der Waals surface area contributed by atoms with Crippen LogP contribution in [0.1, 0.15) is 52.7 Å². The first-order chi connectivity index (χ1) is 18.2. The molecular weight excluding hydrogens is 490 g/mol. The average molecular weight is 509 g/mol.